The van der Waals surface area contributed by atoms with Gasteiger partial charge < -0.3 is 5.32 Å². The highest BCUT2D eigenvalue weighted by molar-refractivity contribution is 5.41. The van der Waals surface area contributed by atoms with Gasteiger partial charge in [0.25, 0.3) is 0 Å². The van der Waals surface area contributed by atoms with Crippen LogP contribution in [0.1, 0.15) is 26.1 Å². The normalized spacial score (nSPS) is 10.5. The third-order valence-corrected chi connectivity index (χ3v) is 2.40. The lowest BCUT2D eigenvalue weighted by Gasteiger charge is -2.08. The second kappa shape index (κ2) is 5.43. The van der Waals surface area contributed by atoms with Gasteiger partial charge in [-0.05, 0) is 6.42 Å². The molecule has 5 heteroatoms. The third kappa shape index (κ3) is 2.81. The highest BCUT2D eigenvalue weighted by Crippen LogP contribution is 2.11. The van der Waals surface area contributed by atoms with Gasteiger partial charge in [0.15, 0.2) is 0 Å². The molecule has 0 unspecified atom stereocenters. The summed E-state index contributed by atoms with van der Waals surface area (Å²) < 4.78 is 1.89. The topological polar surface area (TPSA) is 55.6 Å². The Morgan fingerprint density at radius 3 is 2.82 bits per heavy atom. The monoisotopic (exact) mass is 231 g/mol. The molecule has 0 aliphatic carbocycles. The van der Waals surface area contributed by atoms with Gasteiger partial charge in [0.2, 0.25) is 0 Å². The first kappa shape index (κ1) is 11.6. The SMILES string of the molecule is CCCNc1cc(-n2ccnc2)nc(CC)n1. The highest BCUT2D eigenvalue weighted by Gasteiger charge is 2.04. The minimum atomic E-state index is 0.823. The Bertz CT molecular complexity index is 464. The first-order chi connectivity index (χ1) is 8.33. The number of hydrogen-bond acceptors (Lipinski definition) is 4. The molecule has 0 amide bonds. The molecule has 0 saturated heterocycles. The zero-order valence-electron chi connectivity index (χ0n) is 10.2. The number of imidazole rings is 1. The molecule has 0 atom stereocenters. The average Bonchev–Trinajstić information content (AvgIpc) is 2.89. The first-order valence-corrected chi connectivity index (χ1v) is 5.93. The quantitative estimate of drug-likeness (QED) is 0.855. The zero-order valence-corrected chi connectivity index (χ0v) is 10.2. The number of hydrogen-bond donors (Lipinski definition) is 1. The minimum Gasteiger partial charge on any atom is -0.370 e. The van der Waals surface area contributed by atoms with Crippen molar-refractivity contribution in [1.29, 1.82) is 0 Å². The van der Waals surface area contributed by atoms with E-state index in [0.29, 0.717) is 0 Å². The van der Waals surface area contributed by atoms with E-state index in [-0.39, 0.29) is 0 Å². The zero-order chi connectivity index (χ0) is 12.1. The maximum Gasteiger partial charge on any atom is 0.143 e. The van der Waals surface area contributed by atoms with Crippen molar-refractivity contribution in [3.05, 3.63) is 30.6 Å². The second-order valence-corrected chi connectivity index (χ2v) is 3.78. The average molecular weight is 231 g/mol. The van der Waals surface area contributed by atoms with E-state index >= 15 is 0 Å². The molecule has 2 aromatic rings. The van der Waals surface area contributed by atoms with Crippen LogP contribution in [-0.2, 0) is 6.42 Å². The molecule has 2 rings (SSSR count). The Morgan fingerprint density at radius 1 is 1.29 bits per heavy atom. The fourth-order valence-corrected chi connectivity index (χ4v) is 1.51. The van der Waals surface area contributed by atoms with Crippen LogP contribution in [0.3, 0.4) is 0 Å². The summed E-state index contributed by atoms with van der Waals surface area (Å²) in [6.07, 6.45) is 7.26. The van der Waals surface area contributed by atoms with Gasteiger partial charge in [-0.2, -0.15) is 0 Å². The molecule has 90 valence electrons. The standard InChI is InChI=1S/C12H17N5/c1-3-5-14-11-8-12(16-10(4-2)15-11)17-7-6-13-9-17/h6-9H,3-5H2,1-2H3,(H,14,15,16). The number of nitrogens with one attached hydrogen (secondary N) is 1. The van der Waals surface area contributed by atoms with Crippen LogP contribution >= 0.6 is 0 Å². The lowest BCUT2D eigenvalue weighted by molar-refractivity contribution is 0.878. The summed E-state index contributed by atoms with van der Waals surface area (Å²) in [7, 11) is 0. The Hall–Kier alpha value is -1.91. The summed E-state index contributed by atoms with van der Waals surface area (Å²) in [6.45, 7) is 5.10. The molecule has 0 bridgehead atoms. The second-order valence-electron chi connectivity index (χ2n) is 3.78. The van der Waals surface area contributed by atoms with E-state index in [0.717, 1.165) is 36.8 Å². The molecular weight excluding hydrogens is 214 g/mol. The van der Waals surface area contributed by atoms with Crippen molar-refractivity contribution in [2.75, 3.05) is 11.9 Å². The van der Waals surface area contributed by atoms with Crippen molar-refractivity contribution < 1.29 is 0 Å². The number of aryl methyl sites for hydroxylation is 1. The molecule has 2 heterocycles. The molecule has 1 N–H and O–H groups in total. The Labute approximate surface area is 101 Å². The molecule has 0 radical (unpaired) electrons. The molecule has 0 spiro atoms. The molecule has 17 heavy (non-hydrogen) atoms. The highest BCUT2D eigenvalue weighted by atomic mass is 15.1. The summed E-state index contributed by atoms with van der Waals surface area (Å²) in [5.74, 6) is 2.57. The van der Waals surface area contributed by atoms with E-state index in [4.69, 9.17) is 0 Å². The number of rotatable bonds is 5. The molecular formula is C12H17N5. The first-order valence-electron chi connectivity index (χ1n) is 5.93. The maximum absolute atomic E-state index is 4.47. The van der Waals surface area contributed by atoms with Gasteiger partial charge in [-0.3, -0.25) is 4.57 Å². The summed E-state index contributed by atoms with van der Waals surface area (Å²) in [5.41, 5.74) is 0. The molecule has 0 aliphatic rings. The summed E-state index contributed by atoms with van der Waals surface area (Å²) >= 11 is 0. The van der Waals surface area contributed by atoms with E-state index < -0.39 is 0 Å². The minimum absolute atomic E-state index is 0.823. The molecule has 0 aliphatic heterocycles. The van der Waals surface area contributed by atoms with E-state index in [9.17, 15) is 0 Å². The van der Waals surface area contributed by atoms with Crippen LogP contribution < -0.4 is 5.32 Å². The Balaban J connectivity index is 2.32. The molecule has 0 aromatic carbocycles. The van der Waals surface area contributed by atoms with Crippen LogP contribution in [0.2, 0.25) is 0 Å². The van der Waals surface area contributed by atoms with Crippen molar-refractivity contribution in [2.45, 2.75) is 26.7 Å². The van der Waals surface area contributed by atoms with Crippen LogP contribution in [0.15, 0.2) is 24.8 Å². The maximum atomic E-state index is 4.47. The lowest BCUT2D eigenvalue weighted by Crippen LogP contribution is -2.07. The summed E-state index contributed by atoms with van der Waals surface area (Å²) in [6, 6.07) is 1.94. The number of anilines is 1. The van der Waals surface area contributed by atoms with Gasteiger partial charge in [-0.15, -0.1) is 0 Å². The molecule has 0 saturated carbocycles. The molecule has 5 nitrogen and oxygen atoms in total. The van der Waals surface area contributed by atoms with Crippen LogP contribution in [0.25, 0.3) is 5.82 Å². The van der Waals surface area contributed by atoms with Crippen LogP contribution in [0.5, 0.6) is 0 Å². The third-order valence-electron chi connectivity index (χ3n) is 2.40. The predicted molar refractivity (Wildman–Crippen MR) is 67.3 cm³/mol. The Kier molecular flexibility index (Phi) is 3.69. The summed E-state index contributed by atoms with van der Waals surface area (Å²) in [5, 5.41) is 3.29. The van der Waals surface area contributed by atoms with Gasteiger partial charge >= 0.3 is 0 Å². The molecule has 0 fully saturated rings. The largest absolute Gasteiger partial charge is 0.370 e. The lowest BCUT2D eigenvalue weighted by atomic mass is 10.4. The fraction of sp³-hybridized carbons (Fsp3) is 0.417. The fourth-order valence-electron chi connectivity index (χ4n) is 1.51. The van der Waals surface area contributed by atoms with Gasteiger partial charge in [0, 0.05) is 31.4 Å². The van der Waals surface area contributed by atoms with Crippen LogP contribution in [0.4, 0.5) is 5.82 Å². The van der Waals surface area contributed by atoms with Gasteiger partial charge in [0.1, 0.15) is 23.8 Å². The van der Waals surface area contributed by atoms with Gasteiger partial charge in [-0.25, -0.2) is 15.0 Å². The Morgan fingerprint density at radius 2 is 2.18 bits per heavy atom. The van der Waals surface area contributed by atoms with E-state index in [2.05, 4.69) is 34.1 Å². The van der Waals surface area contributed by atoms with Crippen molar-refractivity contribution in [2.24, 2.45) is 0 Å². The smallest absolute Gasteiger partial charge is 0.143 e. The van der Waals surface area contributed by atoms with Gasteiger partial charge in [-0.1, -0.05) is 13.8 Å². The number of aromatic nitrogens is 4. The number of nitrogens with zero attached hydrogens (tertiary/aromatic N) is 4. The predicted octanol–water partition coefficient (Wildman–Crippen LogP) is 2.05. The summed E-state index contributed by atoms with van der Waals surface area (Å²) in [4.78, 5) is 12.9. The van der Waals surface area contributed by atoms with E-state index in [1.165, 1.54) is 0 Å². The molecule has 2 aromatic heterocycles. The van der Waals surface area contributed by atoms with Crippen molar-refractivity contribution in [3.63, 3.8) is 0 Å². The van der Waals surface area contributed by atoms with E-state index in [1.807, 2.05) is 16.8 Å². The van der Waals surface area contributed by atoms with E-state index in [1.54, 1.807) is 12.5 Å². The van der Waals surface area contributed by atoms with Crippen molar-refractivity contribution >= 4 is 5.82 Å². The van der Waals surface area contributed by atoms with Crippen LogP contribution in [0, 0.1) is 0 Å². The van der Waals surface area contributed by atoms with Crippen LogP contribution in [-0.4, -0.2) is 26.1 Å². The van der Waals surface area contributed by atoms with Crippen molar-refractivity contribution in [1.82, 2.24) is 19.5 Å². The van der Waals surface area contributed by atoms with Crippen molar-refractivity contribution in [3.8, 4) is 5.82 Å². The van der Waals surface area contributed by atoms with Gasteiger partial charge in [0.05, 0.1) is 0 Å².